The van der Waals surface area contributed by atoms with Crippen LogP contribution in [0, 0.1) is 0 Å². The number of esters is 1. The summed E-state index contributed by atoms with van der Waals surface area (Å²) >= 11 is 5.86. The standard InChI is InChI=1S/C19H16ClN3O3/c1-23(2)12-21-15-7-9-16(10-8-15)25-19(24)17-11-18(26-22-17)13-3-5-14(20)6-4-13/h3-12H,1-2H3. The maximum Gasteiger partial charge on any atom is 0.365 e. The number of carbonyl (C=O) groups excluding carboxylic acids is 1. The third-order valence-electron chi connectivity index (χ3n) is 3.33. The highest BCUT2D eigenvalue weighted by molar-refractivity contribution is 6.30. The normalized spacial score (nSPS) is 10.9. The highest BCUT2D eigenvalue weighted by Gasteiger charge is 2.16. The van der Waals surface area contributed by atoms with Gasteiger partial charge in [0, 0.05) is 30.7 Å². The van der Waals surface area contributed by atoms with Crippen molar-refractivity contribution in [3.8, 4) is 17.1 Å². The quantitative estimate of drug-likeness (QED) is 0.288. The van der Waals surface area contributed by atoms with E-state index in [0.29, 0.717) is 16.5 Å². The van der Waals surface area contributed by atoms with Crippen LogP contribution in [0.5, 0.6) is 5.75 Å². The molecular weight excluding hydrogens is 354 g/mol. The zero-order valence-corrected chi connectivity index (χ0v) is 15.0. The molecule has 0 aliphatic heterocycles. The van der Waals surface area contributed by atoms with Crippen LogP contribution in [0.2, 0.25) is 5.02 Å². The Hall–Kier alpha value is -3.12. The second-order valence-corrected chi connectivity index (χ2v) is 6.11. The predicted octanol–water partition coefficient (Wildman–Crippen LogP) is 4.44. The minimum Gasteiger partial charge on any atom is -0.422 e. The Bertz CT molecular complexity index is 916. The summed E-state index contributed by atoms with van der Waals surface area (Å²) in [6, 6.07) is 15.4. The molecule has 0 N–H and O–H groups in total. The number of halogens is 1. The minimum atomic E-state index is -0.599. The van der Waals surface area contributed by atoms with E-state index in [2.05, 4.69) is 10.1 Å². The molecule has 0 spiro atoms. The fraction of sp³-hybridized carbons (Fsp3) is 0.105. The molecule has 0 unspecified atom stereocenters. The zero-order chi connectivity index (χ0) is 18.5. The van der Waals surface area contributed by atoms with Crippen molar-refractivity contribution in [2.75, 3.05) is 14.1 Å². The predicted molar refractivity (Wildman–Crippen MR) is 100 cm³/mol. The molecular formula is C19H16ClN3O3. The molecule has 3 aromatic rings. The number of nitrogens with zero attached hydrogens (tertiary/aromatic N) is 3. The zero-order valence-electron chi connectivity index (χ0n) is 14.2. The van der Waals surface area contributed by atoms with Crippen LogP contribution in [0.1, 0.15) is 10.5 Å². The van der Waals surface area contributed by atoms with Gasteiger partial charge in [-0.1, -0.05) is 16.8 Å². The summed E-state index contributed by atoms with van der Waals surface area (Å²) in [7, 11) is 3.77. The van der Waals surface area contributed by atoms with Crippen molar-refractivity contribution >= 4 is 29.6 Å². The molecule has 0 amide bonds. The Balaban J connectivity index is 1.67. The number of benzene rings is 2. The minimum absolute atomic E-state index is 0.0876. The van der Waals surface area contributed by atoms with Gasteiger partial charge in [0.1, 0.15) is 5.75 Å². The van der Waals surface area contributed by atoms with Crippen LogP contribution in [0.25, 0.3) is 11.3 Å². The number of aromatic nitrogens is 1. The van der Waals surface area contributed by atoms with E-state index in [1.54, 1.807) is 54.9 Å². The van der Waals surface area contributed by atoms with E-state index in [1.165, 1.54) is 6.07 Å². The van der Waals surface area contributed by atoms with Gasteiger partial charge in [-0.25, -0.2) is 9.79 Å². The lowest BCUT2D eigenvalue weighted by Crippen LogP contribution is -2.08. The number of carbonyl (C=O) groups is 1. The smallest absolute Gasteiger partial charge is 0.365 e. The van der Waals surface area contributed by atoms with E-state index >= 15 is 0 Å². The van der Waals surface area contributed by atoms with Crippen LogP contribution in [-0.2, 0) is 0 Å². The topological polar surface area (TPSA) is 67.9 Å². The van der Waals surface area contributed by atoms with Gasteiger partial charge >= 0.3 is 5.97 Å². The lowest BCUT2D eigenvalue weighted by atomic mass is 10.1. The summed E-state index contributed by atoms with van der Waals surface area (Å²) < 4.78 is 10.5. The van der Waals surface area contributed by atoms with Crippen molar-refractivity contribution in [2.45, 2.75) is 0 Å². The van der Waals surface area contributed by atoms with E-state index in [1.807, 2.05) is 19.0 Å². The number of aliphatic imine (C=N–C) groups is 1. The van der Waals surface area contributed by atoms with E-state index < -0.39 is 5.97 Å². The van der Waals surface area contributed by atoms with Crippen LogP contribution in [0.15, 0.2) is 64.1 Å². The Morgan fingerprint density at radius 2 is 1.85 bits per heavy atom. The third-order valence-corrected chi connectivity index (χ3v) is 3.59. The van der Waals surface area contributed by atoms with Gasteiger partial charge in [0.05, 0.1) is 12.0 Å². The maximum absolute atomic E-state index is 12.2. The third kappa shape index (κ3) is 4.49. The van der Waals surface area contributed by atoms with Gasteiger partial charge in [0.15, 0.2) is 11.5 Å². The Kier molecular flexibility index (Phi) is 5.34. The highest BCUT2D eigenvalue weighted by Crippen LogP contribution is 2.23. The van der Waals surface area contributed by atoms with Crippen LogP contribution < -0.4 is 4.74 Å². The summed E-state index contributed by atoms with van der Waals surface area (Å²) in [4.78, 5) is 18.3. The first-order valence-electron chi connectivity index (χ1n) is 7.77. The molecule has 0 fully saturated rings. The molecule has 1 aromatic heterocycles. The van der Waals surface area contributed by atoms with Crippen LogP contribution in [0.3, 0.4) is 0 Å². The van der Waals surface area contributed by atoms with Gasteiger partial charge in [-0.05, 0) is 48.5 Å². The number of hydrogen-bond acceptors (Lipinski definition) is 5. The van der Waals surface area contributed by atoms with Crippen molar-refractivity contribution in [3.05, 3.63) is 65.3 Å². The van der Waals surface area contributed by atoms with Crippen LogP contribution in [-0.4, -0.2) is 36.5 Å². The lowest BCUT2D eigenvalue weighted by molar-refractivity contribution is 0.0724. The first-order valence-corrected chi connectivity index (χ1v) is 8.14. The second kappa shape index (κ2) is 7.84. The summed E-state index contributed by atoms with van der Waals surface area (Å²) in [5.41, 5.74) is 1.61. The molecule has 0 bridgehead atoms. The molecule has 2 aromatic carbocycles. The van der Waals surface area contributed by atoms with Gasteiger partial charge < -0.3 is 14.2 Å². The molecule has 132 valence electrons. The van der Waals surface area contributed by atoms with Gasteiger partial charge in [-0.2, -0.15) is 0 Å². The van der Waals surface area contributed by atoms with Gasteiger partial charge in [0.2, 0.25) is 0 Å². The summed E-state index contributed by atoms with van der Waals surface area (Å²) in [5, 5.41) is 4.38. The van der Waals surface area contributed by atoms with E-state index in [9.17, 15) is 4.79 Å². The average Bonchev–Trinajstić information content (AvgIpc) is 3.12. The molecule has 0 aliphatic carbocycles. The van der Waals surface area contributed by atoms with Crippen LogP contribution in [0.4, 0.5) is 5.69 Å². The van der Waals surface area contributed by atoms with Gasteiger partial charge in [-0.15, -0.1) is 0 Å². The molecule has 26 heavy (non-hydrogen) atoms. The monoisotopic (exact) mass is 369 g/mol. The number of ether oxygens (including phenoxy) is 1. The summed E-state index contributed by atoms with van der Waals surface area (Å²) in [5.74, 6) is 0.260. The molecule has 6 nitrogen and oxygen atoms in total. The maximum atomic E-state index is 12.2. The van der Waals surface area contributed by atoms with Gasteiger partial charge in [-0.3, -0.25) is 0 Å². The molecule has 0 aliphatic rings. The number of rotatable bonds is 5. The van der Waals surface area contributed by atoms with Crippen molar-refractivity contribution in [1.29, 1.82) is 0 Å². The van der Waals surface area contributed by atoms with Crippen LogP contribution >= 0.6 is 11.6 Å². The summed E-state index contributed by atoms with van der Waals surface area (Å²) in [6.45, 7) is 0. The Morgan fingerprint density at radius 1 is 1.15 bits per heavy atom. The summed E-state index contributed by atoms with van der Waals surface area (Å²) in [6.07, 6.45) is 1.69. The van der Waals surface area contributed by atoms with E-state index in [4.69, 9.17) is 20.9 Å². The molecule has 3 rings (SSSR count). The largest absolute Gasteiger partial charge is 0.422 e. The fourth-order valence-corrected chi connectivity index (χ4v) is 2.19. The molecule has 0 atom stereocenters. The van der Waals surface area contributed by atoms with E-state index in [0.717, 1.165) is 11.3 Å². The average molecular weight is 370 g/mol. The first kappa shape index (κ1) is 17.7. The van der Waals surface area contributed by atoms with Crippen molar-refractivity contribution in [2.24, 2.45) is 4.99 Å². The van der Waals surface area contributed by atoms with Crippen molar-refractivity contribution in [3.63, 3.8) is 0 Å². The van der Waals surface area contributed by atoms with Crippen molar-refractivity contribution in [1.82, 2.24) is 10.1 Å². The Labute approximate surface area is 155 Å². The lowest BCUT2D eigenvalue weighted by Gasteiger charge is -2.04. The van der Waals surface area contributed by atoms with Crippen molar-refractivity contribution < 1.29 is 14.1 Å². The molecule has 0 radical (unpaired) electrons. The fourth-order valence-electron chi connectivity index (χ4n) is 2.06. The molecule has 0 saturated heterocycles. The van der Waals surface area contributed by atoms with E-state index in [-0.39, 0.29) is 5.69 Å². The first-order chi connectivity index (χ1) is 12.5. The molecule has 0 saturated carbocycles. The van der Waals surface area contributed by atoms with Gasteiger partial charge in [0.25, 0.3) is 0 Å². The highest BCUT2D eigenvalue weighted by atomic mass is 35.5. The Morgan fingerprint density at radius 3 is 2.50 bits per heavy atom. The molecule has 7 heteroatoms. The number of hydrogen-bond donors (Lipinski definition) is 0. The second-order valence-electron chi connectivity index (χ2n) is 5.67. The SMILES string of the molecule is CN(C)C=Nc1ccc(OC(=O)c2cc(-c3ccc(Cl)cc3)on2)cc1. The molecule has 1 heterocycles.